The Morgan fingerprint density at radius 2 is 1.78 bits per heavy atom. The van der Waals surface area contributed by atoms with E-state index in [1.165, 1.54) is 63.2 Å². The van der Waals surface area contributed by atoms with Gasteiger partial charge >= 0.3 is 0 Å². The SMILES string of the molecule is CC(C)CCC[C@@H](C)C1CCC2C3CC=C4CC(OS(C)(=O)=O)CCC4(C)C3CCC21C. The molecule has 0 aromatic heterocycles. The van der Waals surface area contributed by atoms with Gasteiger partial charge in [-0.1, -0.05) is 65.5 Å². The molecule has 0 bridgehead atoms. The average molecular weight is 465 g/mol. The van der Waals surface area contributed by atoms with Crippen molar-refractivity contribution in [1.82, 2.24) is 0 Å². The second-order valence-electron chi connectivity index (χ2n) is 13.0. The van der Waals surface area contributed by atoms with Crippen molar-refractivity contribution >= 4 is 10.1 Å². The predicted molar refractivity (Wildman–Crippen MR) is 133 cm³/mol. The smallest absolute Gasteiger partial charge is 0.264 e. The fourth-order valence-corrected chi connectivity index (χ4v) is 9.64. The van der Waals surface area contributed by atoms with Crippen LogP contribution >= 0.6 is 0 Å². The molecule has 0 saturated heterocycles. The molecular formula is C28H48O3S. The summed E-state index contributed by atoms with van der Waals surface area (Å²) in [6, 6.07) is 0. The Kier molecular flexibility index (Phi) is 6.98. The summed E-state index contributed by atoms with van der Waals surface area (Å²) in [5.74, 6) is 5.05. The lowest BCUT2D eigenvalue weighted by Crippen LogP contribution is -2.51. The summed E-state index contributed by atoms with van der Waals surface area (Å²) in [5, 5.41) is 0. The Balaban J connectivity index is 1.47. The molecule has 4 aliphatic carbocycles. The van der Waals surface area contributed by atoms with Crippen molar-refractivity contribution in [2.45, 2.75) is 111 Å². The first-order chi connectivity index (χ1) is 14.9. The minimum Gasteiger partial charge on any atom is -0.267 e. The molecule has 3 nitrogen and oxygen atoms in total. The van der Waals surface area contributed by atoms with E-state index < -0.39 is 10.1 Å². The fourth-order valence-electron chi connectivity index (χ4n) is 8.98. The zero-order chi connectivity index (χ0) is 23.3. The van der Waals surface area contributed by atoms with Gasteiger partial charge in [0.15, 0.2) is 0 Å². The van der Waals surface area contributed by atoms with E-state index >= 15 is 0 Å². The van der Waals surface area contributed by atoms with Gasteiger partial charge in [0.05, 0.1) is 12.4 Å². The summed E-state index contributed by atoms with van der Waals surface area (Å²) in [4.78, 5) is 0. The van der Waals surface area contributed by atoms with Crippen LogP contribution in [0.3, 0.4) is 0 Å². The maximum atomic E-state index is 11.7. The van der Waals surface area contributed by atoms with Crippen LogP contribution in [0.25, 0.3) is 0 Å². The summed E-state index contributed by atoms with van der Waals surface area (Å²) in [6.45, 7) is 12.4. The lowest BCUT2D eigenvalue weighted by molar-refractivity contribution is -0.0556. The topological polar surface area (TPSA) is 43.4 Å². The van der Waals surface area contributed by atoms with Gasteiger partial charge in [-0.15, -0.1) is 0 Å². The average Bonchev–Trinajstić information content (AvgIpc) is 3.04. The summed E-state index contributed by atoms with van der Waals surface area (Å²) < 4.78 is 28.8. The molecule has 4 rings (SSSR count). The molecule has 3 fully saturated rings. The van der Waals surface area contributed by atoms with Gasteiger partial charge in [-0.3, -0.25) is 4.18 Å². The highest BCUT2D eigenvalue weighted by Crippen LogP contribution is 2.67. The molecular weight excluding hydrogens is 416 g/mol. The number of hydrogen-bond acceptors (Lipinski definition) is 3. The van der Waals surface area contributed by atoms with Gasteiger partial charge in [0.25, 0.3) is 10.1 Å². The van der Waals surface area contributed by atoms with Crippen LogP contribution < -0.4 is 0 Å². The third kappa shape index (κ3) is 4.61. The van der Waals surface area contributed by atoms with Crippen molar-refractivity contribution < 1.29 is 12.6 Å². The van der Waals surface area contributed by atoms with Gasteiger partial charge in [0.1, 0.15) is 0 Å². The molecule has 0 N–H and O–H groups in total. The van der Waals surface area contributed by atoms with Crippen LogP contribution in [-0.4, -0.2) is 20.8 Å². The Morgan fingerprint density at radius 1 is 1.03 bits per heavy atom. The highest BCUT2D eigenvalue weighted by Gasteiger charge is 2.59. The summed E-state index contributed by atoms with van der Waals surface area (Å²) in [6.07, 6.45) is 17.3. The lowest BCUT2D eigenvalue weighted by atomic mass is 9.47. The van der Waals surface area contributed by atoms with Crippen molar-refractivity contribution in [2.24, 2.45) is 46.3 Å². The van der Waals surface area contributed by atoms with E-state index in [1.54, 1.807) is 0 Å². The molecule has 4 heteroatoms. The van der Waals surface area contributed by atoms with E-state index in [2.05, 4.69) is 40.7 Å². The molecule has 0 aromatic carbocycles. The van der Waals surface area contributed by atoms with Gasteiger partial charge in [0.2, 0.25) is 0 Å². The van der Waals surface area contributed by atoms with E-state index in [1.807, 2.05) is 0 Å². The third-order valence-electron chi connectivity index (χ3n) is 10.6. The van der Waals surface area contributed by atoms with Crippen LogP contribution in [0, 0.1) is 46.3 Å². The van der Waals surface area contributed by atoms with Crippen molar-refractivity contribution in [3.63, 3.8) is 0 Å². The molecule has 0 radical (unpaired) electrons. The molecule has 0 amide bonds. The first kappa shape index (κ1) is 24.8. The highest BCUT2D eigenvalue weighted by molar-refractivity contribution is 7.86. The number of rotatable bonds is 7. The minimum absolute atomic E-state index is 0.155. The maximum Gasteiger partial charge on any atom is 0.264 e. The van der Waals surface area contributed by atoms with Crippen LogP contribution in [0.2, 0.25) is 0 Å². The van der Waals surface area contributed by atoms with Crippen molar-refractivity contribution in [2.75, 3.05) is 6.26 Å². The zero-order valence-corrected chi connectivity index (χ0v) is 22.3. The van der Waals surface area contributed by atoms with E-state index in [0.29, 0.717) is 5.41 Å². The van der Waals surface area contributed by atoms with Crippen LogP contribution in [0.1, 0.15) is 105 Å². The normalized spacial score (nSPS) is 42.7. The molecule has 4 aliphatic rings. The summed E-state index contributed by atoms with van der Waals surface area (Å²) in [5.41, 5.74) is 2.28. The highest BCUT2D eigenvalue weighted by atomic mass is 32.2. The first-order valence-corrected chi connectivity index (χ1v) is 15.3. The molecule has 7 unspecified atom stereocenters. The van der Waals surface area contributed by atoms with Crippen LogP contribution in [0.15, 0.2) is 11.6 Å². The Hall–Kier alpha value is -0.350. The molecule has 32 heavy (non-hydrogen) atoms. The maximum absolute atomic E-state index is 11.7. The molecule has 0 aromatic rings. The van der Waals surface area contributed by atoms with Crippen LogP contribution in [0.5, 0.6) is 0 Å². The summed E-state index contributed by atoms with van der Waals surface area (Å²) in [7, 11) is -3.38. The second-order valence-corrected chi connectivity index (χ2v) is 14.6. The number of fused-ring (bicyclic) bond motifs is 5. The lowest BCUT2D eigenvalue weighted by Gasteiger charge is -2.58. The Morgan fingerprint density at radius 3 is 2.47 bits per heavy atom. The van der Waals surface area contributed by atoms with Gasteiger partial charge < -0.3 is 0 Å². The standard InChI is InChI=1S/C28H48O3S/c1-19(2)8-7-9-20(3)24-12-13-25-23-11-10-21-18-22(31-32(6,29)30)14-16-27(21,4)26(23)15-17-28(24,25)5/h10,19-20,22-26H,7-9,11-18H2,1-6H3/t20-,22?,23?,24?,25?,26?,27?,28?/m1/s1. The fraction of sp³-hybridized carbons (Fsp3) is 0.929. The van der Waals surface area contributed by atoms with Gasteiger partial charge in [0, 0.05) is 0 Å². The van der Waals surface area contributed by atoms with Gasteiger partial charge in [-0.05, 0) is 97.7 Å². The molecule has 3 saturated carbocycles. The molecule has 8 atom stereocenters. The van der Waals surface area contributed by atoms with E-state index in [9.17, 15) is 8.42 Å². The van der Waals surface area contributed by atoms with Gasteiger partial charge in [-0.2, -0.15) is 8.42 Å². The second kappa shape index (κ2) is 9.02. The van der Waals surface area contributed by atoms with Crippen molar-refractivity contribution in [1.29, 1.82) is 0 Å². The van der Waals surface area contributed by atoms with Crippen molar-refractivity contribution in [3.8, 4) is 0 Å². The predicted octanol–water partition coefficient (Wildman–Crippen LogP) is 7.37. The largest absolute Gasteiger partial charge is 0.267 e. The molecule has 0 heterocycles. The van der Waals surface area contributed by atoms with E-state index in [0.717, 1.165) is 54.8 Å². The Labute approximate surface area is 198 Å². The van der Waals surface area contributed by atoms with Gasteiger partial charge in [-0.25, -0.2) is 0 Å². The third-order valence-corrected chi connectivity index (χ3v) is 11.2. The molecule has 0 spiro atoms. The van der Waals surface area contributed by atoms with Crippen molar-refractivity contribution in [3.05, 3.63) is 11.6 Å². The molecule has 0 aliphatic heterocycles. The quantitative estimate of drug-likeness (QED) is 0.292. The van der Waals surface area contributed by atoms with Crippen LogP contribution in [-0.2, 0) is 14.3 Å². The zero-order valence-electron chi connectivity index (χ0n) is 21.5. The molecule has 184 valence electrons. The summed E-state index contributed by atoms with van der Waals surface area (Å²) >= 11 is 0. The monoisotopic (exact) mass is 464 g/mol. The minimum atomic E-state index is -3.38. The van der Waals surface area contributed by atoms with E-state index in [-0.39, 0.29) is 11.5 Å². The number of allylic oxidation sites excluding steroid dienone is 1. The van der Waals surface area contributed by atoms with E-state index in [4.69, 9.17) is 4.18 Å². The number of hydrogen-bond donors (Lipinski definition) is 0. The first-order valence-electron chi connectivity index (χ1n) is 13.5. The Bertz CT molecular complexity index is 815. The van der Waals surface area contributed by atoms with Crippen LogP contribution in [0.4, 0.5) is 0 Å².